The predicted octanol–water partition coefficient (Wildman–Crippen LogP) is 2.57. The number of hydrogen-bond acceptors (Lipinski definition) is 5. The Labute approximate surface area is 127 Å². The van der Waals surface area contributed by atoms with Gasteiger partial charge in [-0.05, 0) is 33.3 Å². The Balaban J connectivity index is 1.69. The second kappa shape index (κ2) is 5.14. The predicted molar refractivity (Wildman–Crippen MR) is 86.1 cm³/mol. The van der Waals surface area contributed by atoms with Crippen molar-refractivity contribution in [2.24, 2.45) is 7.05 Å². The van der Waals surface area contributed by atoms with Crippen molar-refractivity contribution in [3.8, 4) is 0 Å². The van der Waals surface area contributed by atoms with Crippen molar-refractivity contribution in [2.45, 2.75) is 34.2 Å². The molecule has 3 aromatic heterocycles. The third-order valence-corrected chi connectivity index (χ3v) is 5.00. The van der Waals surface area contributed by atoms with Crippen molar-refractivity contribution in [1.29, 1.82) is 0 Å². The highest BCUT2D eigenvalue weighted by atomic mass is 32.1. The second-order valence-electron chi connectivity index (χ2n) is 5.33. The maximum absolute atomic E-state index is 4.59. The van der Waals surface area contributed by atoms with E-state index in [9.17, 15) is 0 Å². The molecule has 0 aliphatic heterocycles. The maximum atomic E-state index is 4.59. The standard InChI is InChI=1S/C14H20N6S/c1-8-9(2)18-20(11(8)4)7-6-15-14-16-13-12(21-14)10(3)17-19(13)5/h6-7H2,1-5H3,(H,15,16). The third-order valence-electron chi connectivity index (χ3n) is 3.89. The van der Waals surface area contributed by atoms with Crippen LogP contribution in [0.3, 0.4) is 0 Å². The molecule has 0 aromatic carbocycles. The van der Waals surface area contributed by atoms with Gasteiger partial charge in [0.05, 0.1) is 22.6 Å². The van der Waals surface area contributed by atoms with E-state index in [0.29, 0.717) is 0 Å². The Morgan fingerprint density at radius 3 is 2.48 bits per heavy atom. The topological polar surface area (TPSA) is 60.6 Å². The Bertz CT molecular complexity index is 760. The molecule has 0 atom stereocenters. The van der Waals surface area contributed by atoms with E-state index < -0.39 is 0 Å². The molecule has 0 unspecified atom stereocenters. The van der Waals surface area contributed by atoms with Gasteiger partial charge in [0.25, 0.3) is 0 Å². The quantitative estimate of drug-likeness (QED) is 0.805. The summed E-state index contributed by atoms with van der Waals surface area (Å²) in [5.74, 6) is 0. The summed E-state index contributed by atoms with van der Waals surface area (Å²) in [6.07, 6.45) is 0. The molecular weight excluding hydrogens is 284 g/mol. The van der Waals surface area contributed by atoms with Crippen molar-refractivity contribution in [1.82, 2.24) is 24.5 Å². The van der Waals surface area contributed by atoms with E-state index in [0.717, 1.165) is 40.0 Å². The summed E-state index contributed by atoms with van der Waals surface area (Å²) < 4.78 is 5.04. The number of hydrogen-bond donors (Lipinski definition) is 1. The van der Waals surface area contributed by atoms with Gasteiger partial charge in [0.15, 0.2) is 10.8 Å². The Morgan fingerprint density at radius 2 is 1.86 bits per heavy atom. The van der Waals surface area contributed by atoms with Gasteiger partial charge < -0.3 is 5.32 Å². The van der Waals surface area contributed by atoms with Gasteiger partial charge in [-0.25, -0.2) is 9.67 Å². The average Bonchev–Trinajstić information content (AvgIpc) is 3.04. The normalized spacial score (nSPS) is 11.5. The molecule has 0 saturated carbocycles. The Kier molecular flexibility index (Phi) is 3.44. The van der Waals surface area contributed by atoms with Crippen LogP contribution in [0.5, 0.6) is 0 Å². The summed E-state index contributed by atoms with van der Waals surface area (Å²) in [6.45, 7) is 9.95. The molecule has 3 heterocycles. The molecule has 112 valence electrons. The molecule has 0 aliphatic rings. The van der Waals surface area contributed by atoms with Crippen LogP contribution in [0.2, 0.25) is 0 Å². The number of aryl methyl sites for hydroxylation is 3. The number of aromatic nitrogens is 5. The van der Waals surface area contributed by atoms with Crippen LogP contribution >= 0.6 is 11.3 Å². The van der Waals surface area contributed by atoms with Crippen molar-refractivity contribution >= 4 is 26.8 Å². The minimum Gasteiger partial charge on any atom is -0.360 e. The van der Waals surface area contributed by atoms with Crippen LogP contribution in [0.25, 0.3) is 10.3 Å². The number of fused-ring (bicyclic) bond motifs is 1. The molecule has 0 fully saturated rings. The Morgan fingerprint density at radius 1 is 1.10 bits per heavy atom. The number of anilines is 1. The van der Waals surface area contributed by atoms with E-state index in [1.165, 1.54) is 11.3 Å². The van der Waals surface area contributed by atoms with Gasteiger partial charge in [-0.3, -0.25) is 4.68 Å². The highest BCUT2D eigenvalue weighted by Crippen LogP contribution is 2.27. The van der Waals surface area contributed by atoms with Gasteiger partial charge in [0.1, 0.15) is 0 Å². The Hall–Kier alpha value is -1.89. The summed E-state index contributed by atoms with van der Waals surface area (Å²) in [5, 5.41) is 13.2. The lowest BCUT2D eigenvalue weighted by Gasteiger charge is -2.05. The third kappa shape index (κ3) is 2.42. The van der Waals surface area contributed by atoms with E-state index in [1.54, 1.807) is 11.3 Å². The fourth-order valence-corrected chi connectivity index (χ4v) is 3.39. The minimum atomic E-state index is 0.813. The zero-order chi connectivity index (χ0) is 15.1. The SMILES string of the molecule is Cc1nn(CCNc2nc3c(s2)c(C)nn3C)c(C)c1C. The first-order valence-electron chi connectivity index (χ1n) is 7.02. The van der Waals surface area contributed by atoms with E-state index in [4.69, 9.17) is 0 Å². The van der Waals surface area contributed by atoms with Gasteiger partial charge in [-0.15, -0.1) is 0 Å². The fraction of sp³-hybridized carbons (Fsp3) is 0.500. The highest BCUT2D eigenvalue weighted by Gasteiger charge is 2.12. The molecule has 0 spiro atoms. The van der Waals surface area contributed by atoms with Crippen LogP contribution in [0.15, 0.2) is 0 Å². The van der Waals surface area contributed by atoms with Gasteiger partial charge in [0.2, 0.25) is 0 Å². The zero-order valence-corrected chi connectivity index (χ0v) is 13.9. The molecule has 21 heavy (non-hydrogen) atoms. The van der Waals surface area contributed by atoms with Crippen LogP contribution in [-0.4, -0.2) is 31.1 Å². The molecule has 0 aliphatic carbocycles. The van der Waals surface area contributed by atoms with Crippen LogP contribution in [0.4, 0.5) is 5.13 Å². The summed E-state index contributed by atoms with van der Waals surface area (Å²) in [6, 6.07) is 0. The first-order valence-corrected chi connectivity index (χ1v) is 7.83. The molecule has 3 rings (SSSR count). The first-order chi connectivity index (χ1) is 9.97. The first kappa shape index (κ1) is 14.1. The zero-order valence-electron chi connectivity index (χ0n) is 13.1. The summed E-state index contributed by atoms with van der Waals surface area (Å²) in [4.78, 5) is 4.59. The molecule has 1 N–H and O–H groups in total. The lowest BCUT2D eigenvalue weighted by Crippen LogP contribution is -2.12. The van der Waals surface area contributed by atoms with E-state index >= 15 is 0 Å². The molecule has 7 heteroatoms. The van der Waals surface area contributed by atoms with Crippen molar-refractivity contribution in [3.05, 3.63) is 22.6 Å². The molecule has 0 radical (unpaired) electrons. The fourth-order valence-electron chi connectivity index (χ4n) is 2.43. The molecular formula is C14H20N6S. The van der Waals surface area contributed by atoms with Crippen LogP contribution in [0.1, 0.15) is 22.6 Å². The van der Waals surface area contributed by atoms with Gasteiger partial charge in [0, 0.05) is 19.3 Å². The van der Waals surface area contributed by atoms with Gasteiger partial charge in [-0.2, -0.15) is 10.2 Å². The summed E-state index contributed by atoms with van der Waals surface area (Å²) in [5.41, 5.74) is 5.60. The number of nitrogens with one attached hydrogen (secondary N) is 1. The van der Waals surface area contributed by atoms with Gasteiger partial charge >= 0.3 is 0 Å². The van der Waals surface area contributed by atoms with E-state index in [1.807, 2.05) is 18.7 Å². The number of nitrogens with zero attached hydrogens (tertiary/aromatic N) is 5. The molecule has 0 saturated heterocycles. The molecule has 0 amide bonds. The maximum Gasteiger partial charge on any atom is 0.185 e. The average molecular weight is 304 g/mol. The minimum absolute atomic E-state index is 0.813. The van der Waals surface area contributed by atoms with Crippen LogP contribution in [-0.2, 0) is 13.6 Å². The summed E-state index contributed by atoms with van der Waals surface area (Å²) >= 11 is 1.66. The monoisotopic (exact) mass is 304 g/mol. The van der Waals surface area contributed by atoms with Crippen LogP contribution in [0, 0.1) is 27.7 Å². The number of rotatable bonds is 4. The molecule has 3 aromatic rings. The molecule has 0 bridgehead atoms. The number of thiazole rings is 1. The highest BCUT2D eigenvalue weighted by molar-refractivity contribution is 7.22. The largest absolute Gasteiger partial charge is 0.360 e. The van der Waals surface area contributed by atoms with Crippen molar-refractivity contribution in [2.75, 3.05) is 11.9 Å². The van der Waals surface area contributed by atoms with Crippen molar-refractivity contribution in [3.63, 3.8) is 0 Å². The van der Waals surface area contributed by atoms with E-state index in [2.05, 4.69) is 46.0 Å². The summed E-state index contributed by atoms with van der Waals surface area (Å²) in [7, 11) is 1.93. The molecule has 6 nitrogen and oxygen atoms in total. The van der Waals surface area contributed by atoms with E-state index in [-0.39, 0.29) is 0 Å². The smallest absolute Gasteiger partial charge is 0.185 e. The lowest BCUT2D eigenvalue weighted by molar-refractivity contribution is 0.614. The second-order valence-corrected chi connectivity index (χ2v) is 6.33. The van der Waals surface area contributed by atoms with Crippen LogP contribution < -0.4 is 5.32 Å². The lowest BCUT2D eigenvalue weighted by atomic mass is 10.2. The van der Waals surface area contributed by atoms with Crippen molar-refractivity contribution < 1.29 is 0 Å². The van der Waals surface area contributed by atoms with Gasteiger partial charge in [-0.1, -0.05) is 11.3 Å².